The summed E-state index contributed by atoms with van der Waals surface area (Å²) in [7, 11) is 0. The van der Waals surface area contributed by atoms with Gasteiger partial charge in [-0.3, -0.25) is 0 Å². The van der Waals surface area contributed by atoms with Crippen LogP contribution < -0.4 is 4.90 Å². The molecule has 1 fully saturated rings. The van der Waals surface area contributed by atoms with Crippen molar-refractivity contribution in [1.29, 1.82) is 0 Å². The van der Waals surface area contributed by atoms with Gasteiger partial charge in [0.15, 0.2) is 6.17 Å². The largest absolute Gasteiger partial charge is 0.361 e. The van der Waals surface area contributed by atoms with Crippen LogP contribution in [0.4, 0.5) is 18.9 Å². The molecule has 1 heterocycles. The molecule has 1 saturated heterocycles. The molecular weight excluding hydrogens is 243 g/mol. The second-order valence-electron chi connectivity index (χ2n) is 4.39. The van der Waals surface area contributed by atoms with Crippen LogP contribution in [0.25, 0.3) is 0 Å². The lowest BCUT2D eigenvalue weighted by atomic mass is 9.96. The molecule has 0 N–H and O–H groups in total. The average molecular weight is 257 g/mol. The molecule has 0 amide bonds. The van der Waals surface area contributed by atoms with E-state index in [9.17, 15) is 18.0 Å². The number of halogens is 3. The first-order valence-electron chi connectivity index (χ1n) is 5.84. The first-order valence-corrected chi connectivity index (χ1v) is 5.84. The van der Waals surface area contributed by atoms with Crippen LogP contribution in [0, 0.1) is 5.92 Å². The minimum absolute atomic E-state index is 0.268. The van der Waals surface area contributed by atoms with Gasteiger partial charge in [0.2, 0.25) is 0 Å². The quantitative estimate of drug-likeness (QED) is 0.773. The van der Waals surface area contributed by atoms with Crippen molar-refractivity contribution in [2.75, 3.05) is 11.4 Å². The smallest absolute Gasteiger partial charge is 0.269 e. The van der Waals surface area contributed by atoms with E-state index in [4.69, 9.17) is 0 Å². The van der Waals surface area contributed by atoms with Crippen molar-refractivity contribution in [3.8, 4) is 0 Å². The van der Waals surface area contributed by atoms with E-state index in [1.807, 2.05) is 6.07 Å². The maximum atomic E-state index is 13.4. The van der Waals surface area contributed by atoms with Gasteiger partial charge in [-0.05, 0) is 18.6 Å². The Kier molecular flexibility index (Phi) is 3.89. The molecule has 0 aliphatic carbocycles. The molecule has 1 aliphatic rings. The van der Waals surface area contributed by atoms with Crippen LogP contribution >= 0.6 is 0 Å². The second-order valence-corrected chi connectivity index (χ2v) is 4.39. The van der Waals surface area contributed by atoms with Crippen LogP contribution in [0.3, 0.4) is 0 Å². The highest BCUT2D eigenvalue weighted by Crippen LogP contribution is 2.33. The molecule has 5 heteroatoms. The number of nitrogens with zero attached hydrogens (tertiary/aromatic N) is 1. The Morgan fingerprint density at radius 2 is 1.89 bits per heavy atom. The summed E-state index contributed by atoms with van der Waals surface area (Å²) in [6, 6.07) is 8.18. The predicted octanol–water partition coefficient (Wildman–Crippen LogP) is 2.68. The van der Waals surface area contributed by atoms with Gasteiger partial charge in [-0.15, -0.1) is 0 Å². The number of anilines is 1. The Morgan fingerprint density at radius 3 is 2.44 bits per heavy atom. The number of hydrogen-bond donors (Lipinski definition) is 0. The van der Waals surface area contributed by atoms with E-state index in [0.29, 0.717) is 12.8 Å². The summed E-state index contributed by atoms with van der Waals surface area (Å²) in [6.07, 6.45) is -4.44. The maximum absolute atomic E-state index is 13.4. The van der Waals surface area contributed by atoms with Gasteiger partial charge < -0.3 is 9.69 Å². The van der Waals surface area contributed by atoms with Gasteiger partial charge in [-0.25, -0.2) is 13.2 Å². The van der Waals surface area contributed by atoms with E-state index < -0.39 is 24.6 Å². The first-order chi connectivity index (χ1) is 8.65. The van der Waals surface area contributed by atoms with Gasteiger partial charge in [0, 0.05) is 18.2 Å². The maximum Gasteiger partial charge on any atom is 0.269 e. The third kappa shape index (κ3) is 2.35. The van der Waals surface area contributed by atoms with Crippen LogP contribution in [0.1, 0.15) is 6.42 Å². The molecule has 3 atom stereocenters. The van der Waals surface area contributed by atoms with Crippen molar-refractivity contribution in [3.05, 3.63) is 30.3 Å². The number of alkyl halides is 3. The lowest BCUT2D eigenvalue weighted by Gasteiger charge is -2.26. The molecule has 1 aromatic carbocycles. The third-order valence-electron chi connectivity index (χ3n) is 3.38. The van der Waals surface area contributed by atoms with Crippen molar-refractivity contribution in [2.45, 2.75) is 25.1 Å². The van der Waals surface area contributed by atoms with Crippen LogP contribution in [0.5, 0.6) is 0 Å². The zero-order valence-electron chi connectivity index (χ0n) is 9.68. The summed E-state index contributed by atoms with van der Waals surface area (Å²) in [5.41, 5.74) is 0.763. The Hall–Kier alpha value is -1.52. The predicted molar refractivity (Wildman–Crippen MR) is 62.6 cm³/mol. The van der Waals surface area contributed by atoms with Gasteiger partial charge >= 0.3 is 0 Å². The van der Waals surface area contributed by atoms with Crippen molar-refractivity contribution in [3.63, 3.8) is 0 Å². The zero-order valence-corrected chi connectivity index (χ0v) is 9.68. The topological polar surface area (TPSA) is 20.3 Å². The number of carbonyl (C=O) groups excluding carboxylic acids is 1. The van der Waals surface area contributed by atoms with E-state index in [0.717, 1.165) is 5.69 Å². The summed E-state index contributed by atoms with van der Waals surface area (Å²) in [5, 5.41) is 0. The fraction of sp³-hybridized carbons (Fsp3) is 0.462. The van der Waals surface area contributed by atoms with Crippen LogP contribution in [0.2, 0.25) is 0 Å². The SMILES string of the molecule is O=CC1C(C(F)C(F)F)CCN1c1ccccc1. The molecule has 1 aliphatic heterocycles. The molecule has 0 saturated carbocycles. The third-order valence-corrected chi connectivity index (χ3v) is 3.38. The molecule has 0 radical (unpaired) electrons. The highest BCUT2D eigenvalue weighted by Gasteiger charge is 2.42. The van der Waals surface area contributed by atoms with Crippen molar-refractivity contribution < 1.29 is 18.0 Å². The highest BCUT2D eigenvalue weighted by molar-refractivity contribution is 5.68. The van der Waals surface area contributed by atoms with Gasteiger partial charge in [0.05, 0.1) is 6.04 Å². The molecule has 0 bridgehead atoms. The Bertz CT molecular complexity index is 398. The normalized spacial score (nSPS) is 25.4. The van der Waals surface area contributed by atoms with Gasteiger partial charge in [-0.1, -0.05) is 18.2 Å². The lowest BCUT2D eigenvalue weighted by Crippen LogP contribution is -2.39. The summed E-state index contributed by atoms with van der Waals surface area (Å²) >= 11 is 0. The van der Waals surface area contributed by atoms with Crippen LogP contribution in [-0.4, -0.2) is 31.5 Å². The van der Waals surface area contributed by atoms with Crippen LogP contribution in [0.15, 0.2) is 30.3 Å². The fourth-order valence-corrected chi connectivity index (χ4v) is 2.47. The highest BCUT2D eigenvalue weighted by atomic mass is 19.3. The first kappa shape index (κ1) is 12.9. The fourth-order valence-electron chi connectivity index (χ4n) is 2.47. The number of rotatable bonds is 4. The minimum Gasteiger partial charge on any atom is -0.361 e. The summed E-state index contributed by atoms with van der Waals surface area (Å²) in [4.78, 5) is 12.8. The molecule has 0 aromatic heterocycles. The monoisotopic (exact) mass is 257 g/mol. The number of aldehydes is 1. The van der Waals surface area contributed by atoms with Crippen molar-refractivity contribution in [2.24, 2.45) is 5.92 Å². The molecular formula is C13H14F3NO. The second kappa shape index (κ2) is 5.42. The lowest BCUT2D eigenvalue weighted by molar-refractivity contribution is -0.110. The number of para-hydroxylation sites is 1. The molecule has 1 aromatic rings. The number of carbonyl (C=O) groups is 1. The number of benzene rings is 1. The van der Waals surface area contributed by atoms with Crippen LogP contribution in [-0.2, 0) is 4.79 Å². The number of hydrogen-bond acceptors (Lipinski definition) is 2. The molecule has 3 unspecified atom stereocenters. The standard InChI is InChI=1S/C13H14F3NO/c14-12(13(15)16)10-6-7-17(11(10)8-18)9-4-2-1-3-5-9/h1-5,8,10-13H,6-7H2. The summed E-state index contributed by atoms with van der Waals surface area (Å²) < 4.78 is 38.2. The van der Waals surface area contributed by atoms with Gasteiger partial charge in [0.25, 0.3) is 6.43 Å². The van der Waals surface area contributed by atoms with E-state index in [-0.39, 0.29) is 6.42 Å². The Labute approximate surface area is 103 Å². The summed E-state index contributed by atoms with van der Waals surface area (Å²) in [5.74, 6) is -0.928. The molecule has 18 heavy (non-hydrogen) atoms. The molecule has 2 rings (SSSR count). The van der Waals surface area contributed by atoms with E-state index in [1.54, 1.807) is 29.2 Å². The molecule has 2 nitrogen and oxygen atoms in total. The van der Waals surface area contributed by atoms with E-state index in [1.165, 1.54) is 0 Å². The van der Waals surface area contributed by atoms with E-state index >= 15 is 0 Å². The molecule has 98 valence electrons. The summed E-state index contributed by atoms with van der Waals surface area (Å²) in [6.45, 7) is 0.422. The minimum atomic E-state index is -3.03. The van der Waals surface area contributed by atoms with Crippen molar-refractivity contribution in [1.82, 2.24) is 0 Å². The Morgan fingerprint density at radius 1 is 1.22 bits per heavy atom. The Balaban J connectivity index is 2.19. The van der Waals surface area contributed by atoms with Crippen molar-refractivity contribution >= 4 is 12.0 Å². The zero-order chi connectivity index (χ0) is 13.1. The van der Waals surface area contributed by atoms with Gasteiger partial charge in [-0.2, -0.15) is 0 Å². The van der Waals surface area contributed by atoms with Gasteiger partial charge in [0.1, 0.15) is 6.29 Å². The average Bonchev–Trinajstić information content (AvgIpc) is 2.82. The van der Waals surface area contributed by atoms with E-state index in [2.05, 4.69) is 0 Å². The molecule has 0 spiro atoms.